The number of Topliss-reactive ketones (excluding diaryl/α,β-unsaturated/α-hetero) is 1. The number of carbonyl (C=O) groups excluding carboxylic acids is 1. The Morgan fingerprint density at radius 2 is 1.96 bits per heavy atom. The van der Waals surface area contributed by atoms with Crippen LogP contribution in [0.15, 0.2) is 54.6 Å². The lowest BCUT2D eigenvalue weighted by atomic mass is 9.90. The summed E-state index contributed by atoms with van der Waals surface area (Å²) in [5.41, 5.74) is 1.16. The lowest BCUT2D eigenvalue weighted by molar-refractivity contribution is -0.137. The maximum atomic E-state index is 12.2. The topological polar surface area (TPSA) is 94.8 Å². The number of carboxylic acids is 1. The van der Waals surface area contributed by atoms with Gasteiger partial charge in [0.15, 0.2) is 0 Å². The predicted octanol–water partition coefficient (Wildman–Crippen LogP) is 3.30. The number of aryl methyl sites for hydroxylation is 1. The molecule has 1 aromatic rings. The van der Waals surface area contributed by atoms with Crippen LogP contribution in [0.2, 0.25) is 0 Å². The first-order valence-corrected chi connectivity index (χ1v) is 9.95. The van der Waals surface area contributed by atoms with Crippen LogP contribution in [0, 0.1) is 11.8 Å². The minimum atomic E-state index is -0.807. The maximum absolute atomic E-state index is 12.2. The molecule has 2 rings (SSSR count). The van der Waals surface area contributed by atoms with E-state index in [1.165, 1.54) is 0 Å². The summed E-state index contributed by atoms with van der Waals surface area (Å²) < 4.78 is 0. The van der Waals surface area contributed by atoms with Gasteiger partial charge in [0, 0.05) is 24.7 Å². The zero-order valence-electron chi connectivity index (χ0n) is 16.1. The average molecular weight is 386 g/mol. The molecule has 1 aliphatic carbocycles. The standard InChI is InChI=1S/C23H30O5/c24-18(13-12-17-8-4-3-5-9-17)14-15-20-19(21(25)16-22(20)26)10-6-1-2-7-11-23(27)28/h1,3-6,8-9,14-15,18-20,22,24,26H,2,7,10-13,16H2,(H,27,28)/b6-1-,15-14+/t18-,19?,20+,22+/m0/s1. The van der Waals surface area contributed by atoms with Crippen molar-refractivity contribution in [2.75, 3.05) is 0 Å². The lowest BCUT2D eigenvalue weighted by Gasteiger charge is -2.16. The second-order valence-corrected chi connectivity index (χ2v) is 7.39. The molecule has 0 radical (unpaired) electrons. The Morgan fingerprint density at radius 3 is 2.68 bits per heavy atom. The maximum Gasteiger partial charge on any atom is 0.303 e. The van der Waals surface area contributed by atoms with Crippen molar-refractivity contribution >= 4 is 11.8 Å². The first-order chi connectivity index (χ1) is 13.5. The van der Waals surface area contributed by atoms with Gasteiger partial charge >= 0.3 is 5.97 Å². The summed E-state index contributed by atoms with van der Waals surface area (Å²) in [4.78, 5) is 22.7. The van der Waals surface area contributed by atoms with Gasteiger partial charge in [0.1, 0.15) is 5.78 Å². The third kappa shape index (κ3) is 7.41. The number of aliphatic hydroxyl groups is 2. The fourth-order valence-electron chi connectivity index (χ4n) is 3.57. The van der Waals surface area contributed by atoms with Gasteiger partial charge in [-0.15, -0.1) is 0 Å². The highest BCUT2D eigenvalue weighted by Crippen LogP contribution is 2.33. The lowest BCUT2D eigenvalue weighted by Crippen LogP contribution is -2.19. The summed E-state index contributed by atoms with van der Waals surface area (Å²) >= 11 is 0. The SMILES string of the molecule is O=C(O)CCC/C=C\CC1C(=O)C[C@@H](O)[C@@H]1/C=C/[C@@H](O)CCc1ccccc1. The van der Waals surface area contributed by atoms with Crippen LogP contribution in [0.4, 0.5) is 0 Å². The van der Waals surface area contributed by atoms with E-state index < -0.39 is 18.2 Å². The van der Waals surface area contributed by atoms with Crippen LogP contribution in [-0.2, 0) is 16.0 Å². The van der Waals surface area contributed by atoms with Crippen molar-refractivity contribution in [3.8, 4) is 0 Å². The number of allylic oxidation sites excluding steroid dienone is 2. The normalized spacial score (nSPS) is 23.6. The van der Waals surface area contributed by atoms with Crippen LogP contribution in [0.25, 0.3) is 0 Å². The molecule has 1 fully saturated rings. The van der Waals surface area contributed by atoms with Gasteiger partial charge in [-0.1, -0.05) is 54.6 Å². The van der Waals surface area contributed by atoms with Gasteiger partial charge in [0.25, 0.3) is 0 Å². The van der Waals surface area contributed by atoms with E-state index in [9.17, 15) is 19.8 Å². The van der Waals surface area contributed by atoms with Crippen LogP contribution in [0.5, 0.6) is 0 Å². The zero-order valence-corrected chi connectivity index (χ0v) is 16.1. The van der Waals surface area contributed by atoms with E-state index in [1.807, 2.05) is 42.5 Å². The molecule has 1 unspecified atom stereocenters. The molecule has 1 saturated carbocycles. The Balaban J connectivity index is 1.82. The number of ketones is 1. The third-order valence-electron chi connectivity index (χ3n) is 5.18. The quantitative estimate of drug-likeness (QED) is 0.401. The van der Waals surface area contributed by atoms with Crippen LogP contribution in [0.1, 0.15) is 44.1 Å². The van der Waals surface area contributed by atoms with Crippen molar-refractivity contribution in [2.45, 2.75) is 57.2 Å². The van der Waals surface area contributed by atoms with Gasteiger partial charge in [-0.25, -0.2) is 0 Å². The molecule has 5 heteroatoms. The number of hydrogen-bond acceptors (Lipinski definition) is 4. The molecular weight excluding hydrogens is 356 g/mol. The highest BCUT2D eigenvalue weighted by Gasteiger charge is 2.39. The van der Waals surface area contributed by atoms with E-state index >= 15 is 0 Å². The Labute approximate surface area is 166 Å². The summed E-state index contributed by atoms with van der Waals surface area (Å²) in [7, 11) is 0. The summed E-state index contributed by atoms with van der Waals surface area (Å²) in [5, 5.41) is 29.0. The Morgan fingerprint density at radius 1 is 1.21 bits per heavy atom. The van der Waals surface area contributed by atoms with Crippen LogP contribution < -0.4 is 0 Å². The molecule has 0 spiro atoms. The van der Waals surface area contributed by atoms with Gasteiger partial charge in [-0.05, 0) is 37.7 Å². The molecule has 0 saturated heterocycles. The van der Waals surface area contributed by atoms with E-state index in [0.29, 0.717) is 25.7 Å². The van der Waals surface area contributed by atoms with Crippen molar-refractivity contribution in [1.82, 2.24) is 0 Å². The van der Waals surface area contributed by atoms with E-state index in [4.69, 9.17) is 5.11 Å². The second-order valence-electron chi connectivity index (χ2n) is 7.39. The van der Waals surface area contributed by atoms with Crippen LogP contribution >= 0.6 is 0 Å². The smallest absolute Gasteiger partial charge is 0.303 e. The van der Waals surface area contributed by atoms with Gasteiger partial charge in [-0.3, -0.25) is 9.59 Å². The fourth-order valence-corrected chi connectivity index (χ4v) is 3.57. The summed E-state index contributed by atoms with van der Waals surface area (Å²) in [5.74, 6) is -1.35. The number of carbonyl (C=O) groups is 2. The Hall–Kier alpha value is -2.24. The molecule has 0 amide bonds. The first kappa shape index (κ1) is 22.1. The monoisotopic (exact) mass is 386 g/mol. The second kappa shape index (κ2) is 11.6. The van der Waals surface area contributed by atoms with Crippen molar-refractivity contribution < 1.29 is 24.9 Å². The third-order valence-corrected chi connectivity index (χ3v) is 5.18. The molecule has 28 heavy (non-hydrogen) atoms. The fraction of sp³-hybridized carbons (Fsp3) is 0.478. The van der Waals surface area contributed by atoms with Gasteiger partial charge < -0.3 is 15.3 Å². The van der Waals surface area contributed by atoms with E-state index in [1.54, 1.807) is 12.2 Å². The summed E-state index contributed by atoms with van der Waals surface area (Å²) in [6.45, 7) is 0. The van der Waals surface area contributed by atoms with Crippen molar-refractivity contribution in [1.29, 1.82) is 0 Å². The molecule has 4 atom stereocenters. The largest absolute Gasteiger partial charge is 0.481 e. The number of hydrogen-bond donors (Lipinski definition) is 3. The van der Waals surface area contributed by atoms with E-state index in [-0.39, 0.29) is 30.5 Å². The van der Waals surface area contributed by atoms with E-state index in [2.05, 4.69) is 0 Å². The van der Waals surface area contributed by atoms with Gasteiger partial charge in [0.05, 0.1) is 12.2 Å². The number of unbranched alkanes of at least 4 members (excludes halogenated alkanes) is 1. The number of benzene rings is 1. The minimum absolute atomic E-state index is 0.0381. The number of carboxylic acid groups (broad SMARTS) is 1. The summed E-state index contributed by atoms with van der Waals surface area (Å²) in [6, 6.07) is 9.94. The van der Waals surface area contributed by atoms with Crippen molar-refractivity contribution in [3.63, 3.8) is 0 Å². The Kier molecular flexibility index (Phi) is 9.11. The summed E-state index contributed by atoms with van der Waals surface area (Å²) in [6.07, 6.45) is 9.34. The number of aliphatic carboxylic acids is 1. The predicted molar refractivity (Wildman–Crippen MR) is 108 cm³/mol. The molecule has 152 valence electrons. The Bertz CT molecular complexity index is 679. The first-order valence-electron chi connectivity index (χ1n) is 9.95. The molecule has 0 bridgehead atoms. The highest BCUT2D eigenvalue weighted by atomic mass is 16.4. The van der Waals surface area contributed by atoms with Gasteiger partial charge in [0.2, 0.25) is 0 Å². The number of aliphatic hydroxyl groups excluding tert-OH is 2. The van der Waals surface area contributed by atoms with Crippen molar-refractivity contribution in [2.24, 2.45) is 11.8 Å². The average Bonchev–Trinajstić information content (AvgIpc) is 2.94. The molecule has 0 heterocycles. The van der Waals surface area contributed by atoms with Crippen LogP contribution in [-0.4, -0.2) is 39.3 Å². The molecule has 1 aromatic carbocycles. The minimum Gasteiger partial charge on any atom is -0.481 e. The van der Waals surface area contributed by atoms with Crippen molar-refractivity contribution in [3.05, 3.63) is 60.2 Å². The van der Waals surface area contributed by atoms with E-state index in [0.717, 1.165) is 12.0 Å². The molecular formula is C23H30O5. The molecule has 5 nitrogen and oxygen atoms in total. The molecule has 0 aliphatic heterocycles. The highest BCUT2D eigenvalue weighted by molar-refractivity contribution is 5.84. The molecule has 3 N–H and O–H groups in total. The van der Waals surface area contributed by atoms with Gasteiger partial charge in [-0.2, -0.15) is 0 Å². The van der Waals surface area contributed by atoms with Crippen LogP contribution in [0.3, 0.4) is 0 Å². The molecule has 0 aromatic heterocycles. The molecule has 1 aliphatic rings. The zero-order chi connectivity index (χ0) is 20.4. The number of rotatable bonds is 11.